The van der Waals surface area contributed by atoms with Crippen molar-refractivity contribution in [3.05, 3.63) is 59.7 Å². The number of methoxy groups -OCH3 is 1. The number of nitrogens with one attached hydrogen (secondary N) is 1. The second kappa shape index (κ2) is 11.6. The van der Waals surface area contributed by atoms with Gasteiger partial charge in [-0.1, -0.05) is 43.7 Å². The molecule has 0 bridgehead atoms. The third kappa shape index (κ3) is 6.21. The van der Waals surface area contributed by atoms with Crippen molar-refractivity contribution in [2.75, 3.05) is 46.6 Å². The van der Waals surface area contributed by atoms with Crippen LogP contribution < -0.4 is 14.8 Å². The molecule has 6 nitrogen and oxygen atoms in total. The molecule has 3 rings (SSSR count). The van der Waals surface area contributed by atoms with Crippen LogP contribution in [0, 0.1) is 0 Å². The van der Waals surface area contributed by atoms with Crippen LogP contribution in [0.3, 0.4) is 0 Å². The van der Waals surface area contributed by atoms with Gasteiger partial charge < -0.3 is 19.5 Å². The summed E-state index contributed by atoms with van der Waals surface area (Å²) in [5.74, 6) is 1.11. The summed E-state index contributed by atoms with van der Waals surface area (Å²) in [6, 6.07) is 15.3. The van der Waals surface area contributed by atoms with Crippen molar-refractivity contribution in [1.82, 2.24) is 10.2 Å². The molecule has 2 aromatic rings. The first-order valence-corrected chi connectivity index (χ1v) is 10.7. The van der Waals surface area contributed by atoms with Crippen molar-refractivity contribution in [2.24, 2.45) is 0 Å². The van der Waals surface area contributed by atoms with Crippen molar-refractivity contribution < 1.29 is 19.0 Å². The summed E-state index contributed by atoms with van der Waals surface area (Å²) in [6.45, 7) is 6.70. The Kier molecular flexibility index (Phi) is 8.53. The highest BCUT2D eigenvalue weighted by Gasteiger charge is 2.21. The first-order chi connectivity index (χ1) is 14.7. The molecule has 1 aliphatic heterocycles. The highest BCUT2D eigenvalue weighted by molar-refractivity contribution is 5.95. The molecule has 1 N–H and O–H groups in total. The largest absolute Gasteiger partial charge is 0.493 e. The molecule has 0 saturated carbocycles. The van der Waals surface area contributed by atoms with Crippen LogP contribution in [0.1, 0.15) is 41.7 Å². The number of hydrogen-bond acceptors (Lipinski definition) is 5. The number of morpholine rings is 1. The molecule has 1 atom stereocenters. The second-order valence-corrected chi connectivity index (χ2v) is 7.42. The lowest BCUT2D eigenvalue weighted by atomic mass is 10.0. The summed E-state index contributed by atoms with van der Waals surface area (Å²) in [4.78, 5) is 15.4. The van der Waals surface area contributed by atoms with Crippen LogP contribution in [0.2, 0.25) is 0 Å². The highest BCUT2D eigenvalue weighted by Crippen LogP contribution is 2.28. The number of rotatable bonds is 10. The minimum absolute atomic E-state index is 0.108. The highest BCUT2D eigenvalue weighted by atomic mass is 16.5. The molecular formula is C24H32N2O4. The van der Waals surface area contributed by atoms with Crippen LogP contribution in [0.15, 0.2) is 48.5 Å². The lowest BCUT2D eigenvalue weighted by molar-refractivity contribution is 0.0332. The minimum atomic E-state index is -0.129. The average Bonchev–Trinajstić information content (AvgIpc) is 2.80. The Morgan fingerprint density at radius 1 is 1.13 bits per heavy atom. The van der Waals surface area contributed by atoms with Crippen molar-refractivity contribution in [3.8, 4) is 11.5 Å². The monoisotopic (exact) mass is 412 g/mol. The third-order valence-electron chi connectivity index (χ3n) is 5.23. The van der Waals surface area contributed by atoms with E-state index < -0.39 is 0 Å². The lowest BCUT2D eigenvalue weighted by Gasteiger charge is -2.31. The Morgan fingerprint density at radius 2 is 1.90 bits per heavy atom. The van der Waals surface area contributed by atoms with E-state index >= 15 is 0 Å². The number of benzene rings is 2. The van der Waals surface area contributed by atoms with Crippen LogP contribution in [-0.2, 0) is 4.74 Å². The van der Waals surface area contributed by atoms with Gasteiger partial charge >= 0.3 is 0 Å². The van der Waals surface area contributed by atoms with Gasteiger partial charge in [0.25, 0.3) is 5.91 Å². The Balaban J connectivity index is 1.72. The van der Waals surface area contributed by atoms with Gasteiger partial charge in [-0.2, -0.15) is 0 Å². The fraction of sp³-hybridized carbons (Fsp3) is 0.458. The van der Waals surface area contributed by atoms with Crippen molar-refractivity contribution in [2.45, 2.75) is 25.8 Å². The Hall–Kier alpha value is -2.57. The number of nitrogens with zero attached hydrogens (tertiary/aromatic N) is 1. The lowest BCUT2D eigenvalue weighted by Crippen LogP contribution is -2.43. The molecule has 1 saturated heterocycles. The number of ether oxygens (including phenoxy) is 3. The van der Waals surface area contributed by atoms with E-state index in [1.807, 2.05) is 24.3 Å². The van der Waals surface area contributed by atoms with Crippen LogP contribution >= 0.6 is 0 Å². The van der Waals surface area contributed by atoms with Crippen LogP contribution in [0.4, 0.5) is 0 Å². The van der Waals surface area contributed by atoms with Gasteiger partial charge in [0.15, 0.2) is 11.5 Å². The predicted octanol–water partition coefficient (Wildman–Crippen LogP) is 3.68. The second-order valence-electron chi connectivity index (χ2n) is 7.42. The minimum Gasteiger partial charge on any atom is -0.493 e. The predicted molar refractivity (Wildman–Crippen MR) is 117 cm³/mol. The molecule has 6 heteroatoms. The summed E-state index contributed by atoms with van der Waals surface area (Å²) in [6.07, 6.45) is 2.04. The summed E-state index contributed by atoms with van der Waals surface area (Å²) in [7, 11) is 1.59. The van der Waals surface area contributed by atoms with Gasteiger partial charge in [0.2, 0.25) is 0 Å². The zero-order valence-electron chi connectivity index (χ0n) is 17.9. The zero-order chi connectivity index (χ0) is 21.2. The van der Waals surface area contributed by atoms with Gasteiger partial charge in [0.1, 0.15) is 0 Å². The summed E-state index contributed by atoms with van der Waals surface area (Å²) in [5, 5.41) is 3.20. The topological polar surface area (TPSA) is 60.0 Å². The number of carbonyl (C=O) groups is 1. The average molecular weight is 413 g/mol. The summed E-state index contributed by atoms with van der Waals surface area (Å²) >= 11 is 0. The number of amides is 1. The fourth-order valence-corrected chi connectivity index (χ4v) is 3.46. The molecule has 0 radical (unpaired) electrons. The Bertz CT molecular complexity index is 791. The van der Waals surface area contributed by atoms with E-state index in [2.05, 4.69) is 29.3 Å². The van der Waals surface area contributed by atoms with E-state index in [9.17, 15) is 4.79 Å². The van der Waals surface area contributed by atoms with Gasteiger partial charge in [0, 0.05) is 25.2 Å². The fourth-order valence-electron chi connectivity index (χ4n) is 3.46. The molecule has 0 spiro atoms. The standard InChI is InChI=1S/C24H32N2O4/c1-3-4-14-30-22-11-10-20(17-23(22)28-2)24(27)25-21(19-8-6-5-7-9-19)18-26-12-15-29-16-13-26/h5-11,17,21H,3-4,12-16,18H2,1-2H3,(H,25,27)/t21-/m1/s1. The van der Waals surface area contributed by atoms with E-state index in [4.69, 9.17) is 14.2 Å². The van der Waals surface area contributed by atoms with Gasteiger partial charge in [-0.15, -0.1) is 0 Å². The van der Waals surface area contributed by atoms with Gasteiger partial charge in [-0.05, 0) is 30.2 Å². The first-order valence-electron chi connectivity index (χ1n) is 10.7. The maximum atomic E-state index is 13.1. The maximum Gasteiger partial charge on any atom is 0.251 e. The molecule has 1 amide bonds. The molecule has 162 valence electrons. The molecule has 2 aromatic carbocycles. The molecule has 0 unspecified atom stereocenters. The van der Waals surface area contributed by atoms with Crippen molar-refractivity contribution >= 4 is 5.91 Å². The molecule has 1 fully saturated rings. The summed E-state index contributed by atoms with van der Waals surface area (Å²) in [5.41, 5.74) is 1.64. The molecule has 0 aliphatic carbocycles. The molecule has 0 aromatic heterocycles. The van der Waals surface area contributed by atoms with Gasteiger partial charge in [-0.3, -0.25) is 9.69 Å². The van der Waals surface area contributed by atoms with E-state index in [0.29, 0.717) is 23.7 Å². The molecule has 30 heavy (non-hydrogen) atoms. The van der Waals surface area contributed by atoms with Crippen LogP contribution in [0.5, 0.6) is 11.5 Å². The third-order valence-corrected chi connectivity index (χ3v) is 5.23. The zero-order valence-corrected chi connectivity index (χ0v) is 17.9. The van der Waals surface area contributed by atoms with E-state index in [1.165, 1.54) is 0 Å². The number of hydrogen-bond donors (Lipinski definition) is 1. The number of carbonyl (C=O) groups excluding carboxylic acids is 1. The maximum absolute atomic E-state index is 13.1. The van der Waals surface area contributed by atoms with Gasteiger partial charge in [-0.25, -0.2) is 0 Å². The quantitative estimate of drug-likeness (QED) is 0.604. The first kappa shape index (κ1) is 22.1. The van der Waals surface area contributed by atoms with E-state index in [-0.39, 0.29) is 11.9 Å². The van der Waals surface area contributed by atoms with E-state index in [1.54, 1.807) is 19.2 Å². The summed E-state index contributed by atoms with van der Waals surface area (Å²) < 4.78 is 16.7. The van der Waals surface area contributed by atoms with Gasteiger partial charge in [0.05, 0.1) is 33.0 Å². The molecule has 1 aliphatic rings. The van der Waals surface area contributed by atoms with E-state index in [0.717, 1.165) is 51.3 Å². The van der Waals surface area contributed by atoms with Crippen LogP contribution in [0.25, 0.3) is 0 Å². The Labute approximate surface area is 179 Å². The van der Waals surface area contributed by atoms with Crippen molar-refractivity contribution in [1.29, 1.82) is 0 Å². The Morgan fingerprint density at radius 3 is 2.60 bits per heavy atom. The number of unbranched alkanes of at least 4 members (excludes halogenated alkanes) is 1. The smallest absolute Gasteiger partial charge is 0.251 e. The van der Waals surface area contributed by atoms with Crippen LogP contribution in [-0.4, -0.2) is 57.4 Å². The normalized spacial score (nSPS) is 15.4. The molecular weight excluding hydrogens is 380 g/mol. The molecule has 1 heterocycles. The SMILES string of the molecule is CCCCOc1ccc(C(=O)N[C@H](CN2CCOCC2)c2ccccc2)cc1OC. The van der Waals surface area contributed by atoms with Crippen molar-refractivity contribution in [3.63, 3.8) is 0 Å².